The van der Waals surface area contributed by atoms with Crippen molar-refractivity contribution in [2.45, 2.75) is 32.2 Å². The molecule has 8 nitrogen and oxygen atoms in total. The Balaban J connectivity index is 1.97. The number of carboxylic acid groups (broad SMARTS) is 1. The Kier molecular flexibility index (Phi) is 4.25. The maximum atomic E-state index is 12.3. The first kappa shape index (κ1) is 15.0. The van der Waals surface area contributed by atoms with E-state index in [4.69, 9.17) is 5.11 Å². The molecule has 0 aromatic carbocycles. The number of nitrogens with zero attached hydrogens (tertiary/aromatic N) is 3. The summed E-state index contributed by atoms with van der Waals surface area (Å²) < 4.78 is 1.63. The second kappa shape index (κ2) is 5.94. The Bertz CT molecular complexity index is 581. The van der Waals surface area contributed by atoms with E-state index in [0.717, 1.165) is 5.69 Å². The van der Waals surface area contributed by atoms with Crippen molar-refractivity contribution >= 4 is 23.6 Å². The van der Waals surface area contributed by atoms with Gasteiger partial charge in [0.25, 0.3) is 5.91 Å². The van der Waals surface area contributed by atoms with E-state index in [-0.39, 0.29) is 18.7 Å². The third-order valence-electron chi connectivity index (χ3n) is 3.36. The predicted octanol–water partition coefficient (Wildman–Crippen LogP) is -0.185. The minimum Gasteiger partial charge on any atom is -0.481 e. The standard InChI is InChI=1S/C13H18N4O4/c1-8-7-11(16(2)15-8)17-6-5-9(13(17)21)14-10(18)3-4-12(19)20/h7,9H,3-6H2,1-2H3,(H,14,18)(H,19,20). The van der Waals surface area contributed by atoms with E-state index < -0.39 is 17.9 Å². The minimum absolute atomic E-state index is 0.121. The van der Waals surface area contributed by atoms with E-state index >= 15 is 0 Å². The van der Waals surface area contributed by atoms with Gasteiger partial charge in [-0.15, -0.1) is 0 Å². The molecule has 1 aliphatic rings. The van der Waals surface area contributed by atoms with Crippen LogP contribution >= 0.6 is 0 Å². The molecule has 0 aliphatic carbocycles. The first-order valence-corrected chi connectivity index (χ1v) is 6.71. The van der Waals surface area contributed by atoms with Crippen LogP contribution in [-0.4, -0.2) is 45.3 Å². The highest BCUT2D eigenvalue weighted by molar-refractivity contribution is 6.00. The number of rotatable bonds is 5. The van der Waals surface area contributed by atoms with Gasteiger partial charge in [-0.3, -0.25) is 24.0 Å². The Morgan fingerprint density at radius 3 is 2.76 bits per heavy atom. The highest BCUT2D eigenvalue weighted by atomic mass is 16.4. The van der Waals surface area contributed by atoms with Crippen LogP contribution in [0.15, 0.2) is 6.07 Å². The summed E-state index contributed by atoms with van der Waals surface area (Å²) in [5.74, 6) is -0.949. The predicted molar refractivity (Wildman–Crippen MR) is 73.7 cm³/mol. The molecule has 0 bridgehead atoms. The quantitative estimate of drug-likeness (QED) is 0.783. The fourth-order valence-electron chi connectivity index (χ4n) is 2.38. The maximum Gasteiger partial charge on any atom is 0.303 e. The largest absolute Gasteiger partial charge is 0.481 e. The van der Waals surface area contributed by atoms with E-state index in [1.165, 1.54) is 0 Å². The van der Waals surface area contributed by atoms with Gasteiger partial charge in [-0.05, 0) is 13.3 Å². The minimum atomic E-state index is -1.03. The Hall–Kier alpha value is -2.38. The summed E-state index contributed by atoms with van der Waals surface area (Å²) in [6, 6.07) is 1.22. The average Bonchev–Trinajstić information content (AvgIpc) is 2.91. The molecule has 0 radical (unpaired) electrons. The van der Waals surface area contributed by atoms with Crippen LogP contribution in [0.5, 0.6) is 0 Å². The monoisotopic (exact) mass is 294 g/mol. The van der Waals surface area contributed by atoms with Crippen LogP contribution < -0.4 is 10.2 Å². The second-order valence-electron chi connectivity index (χ2n) is 5.06. The van der Waals surface area contributed by atoms with Crippen LogP contribution in [0.4, 0.5) is 5.82 Å². The SMILES string of the molecule is Cc1cc(N2CCC(NC(=O)CCC(=O)O)C2=O)n(C)n1. The van der Waals surface area contributed by atoms with Crippen molar-refractivity contribution in [3.05, 3.63) is 11.8 Å². The topological polar surface area (TPSA) is 105 Å². The lowest BCUT2D eigenvalue weighted by Gasteiger charge is -2.16. The molecular weight excluding hydrogens is 276 g/mol. The van der Waals surface area contributed by atoms with Crippen LogP contribution in [0.1, 0.15) is 25.0 Å². The highest BCUT2D eigenvalue weighted by Crippen LogP contribution is 2.22. The molecule has 1 unspecified atom stereocenters. The van der Waals surface area contributed by atoms with Crippen molar-refractivity contribution in [1.82, 2.24) is 15.1 Å². The number of hydrogen-bond donors (Lipinski definition) is 2. The Labute approximate surface area is 121 Å². The molecule has 1 aromatic rings. The van der Waals surface area contributed by atoms with E-state index in [2.05, 4.69) is 10.4 Å². The van der Waals surface area contributed by atoms with Gasteiger partial charge in [0, 0.05) is 26.1 Å². The number of carbonyl (C=O) groups is 3. The Morgan fingerprint density at radius 2 is 2.19 bits per heavy atom. The molecule has 1 aliphatic heterocycles. The molecule has 114 valence electrons. The van der Waals surface area contributed by atoms with Crippen molar-refractivity contribution < 1.29 is 19.5 Å². The molecule has 0 spiro atoms. The highest BCUT2D eigenvalue weighted by Gasteiger charge is 2.34. The molecule has 2 rings (SSSR count). The molecule has 2 N–H and O–H groups in total. The zero-order chi connectivity index (χ0) is 15.6. The molecule has 21 heavy (non-hydrogen) atoms. The summed E-state index contributed by atoms with van der Waals surface area (Å²) in [6.07, 6.45) is 0.142. The average molecular weight is 294 g/mol. The lowest BCUT2D eigenvalue weighted by Crippen LogP contribution is -2.42. The van der Waals surface area contributed by atoms with Crippen LogP contribution in [0.3, 0.4) is 0 Å². The lowest BCUT2D eigenvalue weighted by molar-refractivity contribution is -0.139. The normalized spacial score (nSPS) is 18.1. The van der Waals surface area contributed by atoms with Crippen molar-refractivity contribution in [1.29, 1.82) is 0 Å². The summed E-state index contributed by atoms with van der Waals surface area (Å²) in [4.78, 5) is 35.9. The lowest BCUT2D eigenvalue weighted by atomic mass is 10.2. The van der Waals surface area contributed by atoms with Crippen LogP contribution in [0.25, 0.3) is 0 Å². The first-order valence-electron chi connectivity index (χ1n) is 6.71. The van der Waals surface area contributed by atoms with E-state index in [1.807, 2.05) is 13.0 Å². The Morgan fingerprint density at radius 1 is 1.48 bits per heavy atom. The number of aliphatic carboxylic acids is 1. The number of aryl methyl sites for hydroxylation is 2. The number of carbonyl (C=O) groups excluding carboxylic acids is 2. The van der Waals surface area contributed by atoms with Crippen molar-refractivity contribution in [3.8, 4) is 0 Å². The van der Waals surface area contributed by atoms with Gasteiger partial charge in [0.05, 0.1) is 12.1 Å². The molecular formula is C13H18N4O4. The van der Waals surface area contributed by atoms with Gasteiger partial charge < -0.3 is 10.4 Å². The van der Waals surface area contributed by atoms with Gasteiger partial charge in [0.2, 0.25) is 5.91 Å². The maximum absolute atomic E-state index is 12.3. The fourth-order valence-corrected chi connectivity index (χ4v) is 2.38. The zero-order valence-corrected chi connectivity index (χ0v) is 12.0. The van der Waals surface area contributed by atoms with Gasteiger partial charge in [0.15, 0.2) is 0 Å². The summed E-state index contributed by atoms with van der Waals surface area (Å²) in [5.41, 5.74) is 0.814. The number of nitrogens with one attached hydrogen (secondary N) is 1. The fraction of sp³-hybridized carbons (Fsp3) is 0.538. The molecule has 1 atom stereocenters. The van der Waals surface area contributed by atoms with Crippen molar-refractivity contribution in [2.75, 3.05) is 11.4 Å². The van der Waals surface area contributed by atoms with Gasteiger partial charge >= 0.3 is 5.97 Å². The van der Waals surface area contributed by atoms with Crippen molar-refractivity contribution in [3.63, 3.8) is 0 Å². The summed E-state index contributed by atoms with van der Waals surface area (Å²) in [7, 11) is 1.76. The summed E-state index contributed by atoms with van der Waals surface area (Å²) in [5, 5.41) is 15.3. The summed E-state index contributed by atoms with van der Waals surface area (Å²) in [6.45, 7) is 2.34. The molecule has 2 heterocycles. The van der Waals surface area contributed by atoms with Gasteiger partial charge in [-0.1, -0.05) is 0 Å². The molecule has 1 saturated heterocycles. The van der Waals surface area contributed by atoms with Crippen molar-refractivity contribution in [2.24, 2.45) is 7.05 Å². The number of amides is 2. The molecule has 1 aromatic heterocycles. The second-order valence-corrected chi connectivity index (χ2v) is 5.06. The van der Waals surface area contributed by atoms with E-state index in [0.29, 0.717) is 18.8 Å². The van der Waals surface area contributed by atoms with Crippen LogP contribution in [0.2, 0.25) is 0 Å². The molecule has 0 saturated carbocycles. The van der Waals surface area contributed by atoms with E-state index in [1.54, 1.807) is 16.6 Å². The molecule has 1 fully saturated rings. The van der Waals surface area contributed by atoms with E-state index in [9.17, 15) is 14.4 Å². The number of hydrogen-bond acceptors (Lipinski definition) is 4. The van der Waals surface area contributed by atoms with Gasteiger partial charge in [0.1, 0.15) is 11.9 Å². The van der Waals surface area contributed by atoms with Crippen LogP contribution in [0, 0.1) is 6.92 Å². The third-order valence-corrected chi connectivity index (χ3v) is 3.36. The number of aromatic nitrogens is 2. The third kappa shape index (κ3) is 3.39. The number of anilines is 1. The zero-order valence-electron chi connectivity index (χ0n) is 12.0. The first-order chi connectivity index (χ1) is 9.88. The summed E-state index contributed by atoms with van der Waals surface area (Å²) >= 11 is 0. The smallest absolute Gasteiger partial charge is 0.303 e. The van der Waals surface area contributed by atoms with Gasteiger partial charge in [-0.25, -0.2) is 0 Å². The molecule has 2 amide bonds. The molecule has 8 heteroatoms. The number of carboxylic acids is 1. The van der Waals surface area contributed by atoms with Gasteiger partial charge in [-0.2, -0.15) is 5.10 Å². The van der Waals surface area contributed by atoms with Crippen LogP contribution in [-0.2, 0) is 21.4 Å².